The van der Waals surface area contributed by atoms with Crippen molar-refractivity contribution in [2.24, 2.45) is 0 Å². The fourth-order valence-electron chi connectivity index (χ4n) is 2.23. The number of amides is 1. The first-order valence-corrected chi connectivity index (χ1v) is 8.62. The molecule has 8 heteroatoms. The summed E-state index contributed by atoms with van der Waals surface area (Å²) >= 11 is 5.74. The van der Waals surface area contributed by atoms with E-state index in [1.54, 1.807) is 18.2 Å². The maximum Gasteiger partial charge on any atom is 0.344 e. The lowest BCUT2D eigenvalue weighted by atomic mass is 10.1. The molecule has 0 saturated heterocycles. The van der Waals surface area contributed by atoms with E-state index in [4.69, 9.17) is 25.8 Å². The summed E-state index contributed by atoms with van der Waals surface area (Å²) in [5.41, 5.74) is 0.876. The Balaban J connectivity index is 1.83. The lowest BCUT2D eigenvalue weighted by Crippen LogP contribution is -2.24. The summed E-state index contributed by atoms with van der Waals surface area (Å²) in [5, 5.41) is 2.53. The van der Waals surface area contributed by atoms with Crippen LogP contribution in [0.3, 0.4) is 0 Å². The Bertz CT molecular complexity index is 872. The third-order valence-electron chi connectivity index (χ3n) is 3.52. The number of carbonyl (C=O) groups excluding carboxylic acids is 2. The van der Waals surface area contributed by atoms with Crippen LogP contribution in [0.25, 0.3) is 0 Å². The number of methoxy groups -OCH3 is 1. The van der Waals surface area contributed by atoms with Crippen LogP contribution in [-0.2, 0) is 20.7 Å². The van der Waals surface area contributed by atoms with Crippen LogP contribution >= 0.6 is 11.6 Å². The van der Waals surface area contributed by atoms with E-state index < -0.39 is 30.9 Å². The molecule has 0 aliphatic carbocycles. The maximum atomic E-state index is 13.6. The molecule has 2 aromatic rings. The summed E-state index contributed by atoms with van der Waals surface area (Å²) in [6, 6.07) is 8.97. The van der Waals surface area contributed by atoms with Crippen LogP contribution in [0.2, 0.25) is 5.02 Å². The van der Waals surface area contributed by atoms with E-state index >= 15 is 0 Å². The molecule has 28 heavy (non-hydrogen) atoms. The highest BCUT2D eigenvalue weighted by Crippen LogP contribution is 2.28. The minimum atomic E-state index is -0.765. The molecule has 0 saturated carbocycles. The molecule has 2 aromatic carbocycles. The van der Waals surface area contributed by atoms with Crippen LogP contribution in [0.15, 0.2) is 49.1 Å². The summed E-state index contributed by atoms with van der Waals surface area (Å²) in [4.78, 5) is 23.6. The van der Waals surface area contributed by atoms with Crippen molar-refractivity contribution in [3.63, 3.8) is 0 Å². The molecular formula is C20H19ClFNO5. The normalized spacial score (nSPS) is 10.1. The molecule has 0 aliphatic heterocycles. The molecule has 1 N–H and O–H groups in total. The van der Waals surface area contributed by atoms with Crippen molar-refractivity contribution in [1.82, 2.24) is 0 Å². The number of rotatable bonds is 9. The van der Waals surface area contributed by atoms with E-state index in [1.165, 1.54) is 19.2 Å². The van der Waals surface area contributed by atoms with Gasteiger partial charge in [-0.1, -0.05) is 23.7 Å². The fourth-order valence-corrected chi connectivity index (χ4v) is 2.40. The highest BCUT2D eigenvalue weighted by molar-refractivity contribution is 6.30. The van der Waals surface area contributed by atoms with E-state index in [2.05, 4.69) is 11.9 Å². The van der Waals surface area contributed by atoms with E-state index in [-0.39, 0.29) is 10.7 Å². The highest BCUT2D eigenvalue weighted by atomic mass is 35.5. The standard InChI is InChI=1S/C20H19ClFNO5/c1-3-4-13-5-8-17(18(9-13)26-2)27-12-20(25)28-11-19(24)23-16-10-14(21)6-7-15(16)22/h3,5-10H,1,4,11-12H2,2H3,(H,23,24). The van der Waals surface area contributed by atoms with Gasteiger partial charge in [0.15, 0.2) is 24.7 Å². The molecule has 0 atom stereocenters. The molecule has 0 radical (unpaired) electrons. The van der Waals surface area contributed by atoms with Crippen molar-refractivity contribution in [2.45, 2.75) is 6.42 Å². The molecule has 0 unspecified atom stereocenters. The predicted molar refractivity (Wildman–Crippen MR) is 103 cm³/mol. The van der Waals surface area contributed by atoms with Gasteiger partial charge in [-0.25, -0.2) is 9.18 Å². The summed E-state index contributed by atoms with van der Waals surface area (Å²) in [6.45, 7) is 2.66. The first-order chi connectivity index (χ1) is 13.4. The average molecular weight is 408 g/mol. The van der Waals surface area contributed by atoms with E-state index in [0.29, 0.717) is 17.9 Å². The summed E-state index contributed by atoms with van der Waals surface area (Å²) in [6.07, 6.45) is 2.42. The number of halogens is 2. The fraction of sp³-hybridized carbons (Fsp3) is 0.200. The first kappa shape index (κ1) is 21.2. The number of benzene rings is 2. The molecule has 0 bridgehead atoms. The van der Waals surface area contributed by atoms with Crippen LogP contribution in [-0.4, -0.2) is 32.2 Å². The Kier molecular flexibility index (Phi) is 7.83. The average Bonchev–Trinajstić information content (AvgIpc) is 2.68. The van der Waals surface area contributed by atoms with Crippen LogP contribution in [0.4, 0.5) is 10.1 Å². The van der Waals surface area contributed by atoms with Crippen molar-refractivity contribution in [2.75, 3.05) is 25.6 Å². The number of anilines is 1. The second-order valence-electron chi connectivity index (χ2n) is 5.60. The summed E-state index contributed by atoms with van der Waals surface area (Å²) < 4.78 is 29.0. The summed E-state index contributed by atoms with van der Waals surface area (Å²) in [5.74, 6) is -1.31. The third kappa shape index (κ3) is 6.28. The van der Waals surface area contributed by atoms with Gasteiger partial charge in [0.25, 0.3) is 5.91 Å². The zero-order valence-electron chi connectivity index (χ0n) is 15.2. The highest BCUT2D eigenvalue weighted by Gasteiger charge is 2.13. The number of allylic oxidation sites excluding steroid dienone is 1. The zero-order valence-corrected chi connectivity index (χ0v) is 15.9. The summed E-state index contributed by atoms with van der Waals surface area (Å²) in [7, 11) is 1.48. The zero-order chi connectivity index (χ0) is 20.5. The van der Waals surface area contributed by atoms with Crippen molar-refractivity contribution in [1.29, 1.82) is 0 Å². The largest absolute Gasteiger partial charge is 0.493 e. The van der Waals surface area contributed by atoms with Gasteiger partial charge in [-0.3, -0.25) is 4.79 Å². The van der Waals surface area contributed by atoms with E-state index in [9.17, 15) is 14.0 Å². The molecule has 148 valence electrons. The Hall–Kier alpha value is -3.06. The third-order valence-corrected chi connectivity index (χ3v) is 3.76. The monoisotopic (exact) mass is 407 g/mol. The predicted octanol–water partition coefficient (Wildman–Crippen LogP) is 3.78. The molecule has 0 aliphatic rings. The van der Waals surface area contributed by atoms with Gasteiger partial charge in [0.05, 0.1) is 12.8 Å². The topological polar surface area (TPSA) is 73.9 Å². The van der Waals surface area contributed by atoms with Gasteiger partial charge < -0.3 is 19.5 Å². The van der Waals surface area contributed by atoms with Gasteiger partial charge in [0.1, 0.15) is 5.82 Å². The van der Waals surface area contributed by atoms with E-state index in [0.717, 1.165) is 11.6 Å². The molecule has 0 aromatic heterocycles. The van der Waals surface area contributed by atoms with Crippen molar-refractivity contribution >= 4 is 29.2 Å². The SMILES string of the molecule is C=CCc1ccc(OCC(=O)OCC(=O)Nc2cc(Cl)ccc2F)c(OC)c1. The minimum Gasteiger partial charge on any atom is -0.493 e. The van der Waals surface area contributed by atoms with Gasteiger partial charge in [-0.15, -0.1) is 6.58 Å². The van der Waals surface area contributed by atoms with Crippen LogP contribution in [0, 0.1) is 5.82 Å². The lowest BCUT2D eigenvalue weighted by Gasteiger charge is -2.12. The molecular weight excluding hydrogens is 389 g/mol. The number of carbonyl (C=O) groups is 2. The number of hydrogen-bond acceptors (Lipinski definition) is 5. The molecule has 0 heterocycles. The molecule has 6 nitrogen and oxygen atoms in total. The first-order valence-electron chi connectivity index (χ1n) is 8.24. The number of nitrogens with one attached hydrogen (secondary N) is 1. The number of esters is 1. The van der Waals surface area contributed by atoms with Crippen LogP contribution < -0.4 is 14.8 Å². The van der Waals surface area contributed by atoms with Crippen molar-refractivity contribution in [3.05, 3.63) is 65.5 Å². The molecule has 0 fully saturated rings. The smallest absolute Gasteiger partial charge is 0.344 e. The van der Waals surface area contributed by atoms with Gasteiger partial charge in [0.2, 0.25) is 0 Å². The Labute approximate surface area is 166 Å². The van der Waals surface area contributed by atoms with E-state index in [1.807, 2.05) is 6.07 Å². The second kappa shape index (κ2) is 10.3. The number of ether oxygens (including phenoxy) is 3. The Morgan fingerprint density at radius 2 is 1.96 bits per heavy atom. The minimum absolute atomic E-state index is 0.103. The van der Waals surface area contributed by atoms with Gasteiger partial charge in [-0.05, 0) is 42.3 Å². The Morgan fingerprint density at radius 3 is 2.68 bits per heavy atom. The second-order valence-corrected chi connectivity index (χ2v) is 6.04. The van der Waals surface area contributed by atoms with Gasteiger partial charge in [-0.2, -0.15) is 0 Å². The molecule has 0 spiro atoms. The quantitative estimate of drug-likeness (QED) is 0.506. The van der Waals surface area contributed by atoms with Gasteiger partial charge >= 0.3 is 5.97 Å². The lowest BCUT2D eigenvalue weighted by molar-refractivity contribution is -0.149. The molecule has 1 amide bonds. The number of hydrogen-bond donors (Lipinski definition) is 1. The Morgan fingerprint density at radius 1 is 1.18 bits per heavy atom. The maximum absolute atomic E-state index is 13.6. The van der Waals surface area contributed by atoms with Crippen LogP contribution in [0.5, 0.6) is 11.5 Å². The van der Waals surface area contributed by atoms with Crippen LogP contribution in [0.1, 0.15) is 5.56 Å². The molecule has 2 rings (SSSR count). The van der Waals surface area contributed by atoms with Crippen molar-refractivity contribution < 1.29 is 28.2 Å². The van der Waals surface area contributed by atoms with Gasteiger partial charge in [0, 0.05) is 5.02 Å². The van der Waals surface area contributed by atoms with Crippen molar-refractivity contribution in [3.8, 4) is 11.5 Å².